The molecule has 20 heavy (non-hydrogen) atoms. The third kappa shape index (κ3) is 2.55. The van der Waals surface area contributed by atoms with Crippen LogP contribution in [0.5, 0.6) is 0 Å². The van der Waals surface area contributed by atoms with Crippen LogP contribution in [0.4, 0.5) is 0 Å². The number of methoxy groups -OCH3 is 1. The fourth-order valence-electron chi connectivity index (χ4n) is 2.31. The van der Waals surface area contributed by atoms with Crippen LogP contribution in [-0.4, -0.2) is 55.5 Å². The number of benzene rings is 1. The van der Waals surface area contributed by atoms with Crippen molar-refractivity contribution in [3.63, 3.8) is 0 Å². The predicted octanol–water partition coefficient (Wildman–Crippen LogP) is 0.343. The molecule has 6 heteroatoms. The van der Waals surface area contributed by atoms with E-state index in [0.29, 0.717) is 5.56 Å². The van der Waals surface area contributed by atoms with E-state index in [1.165, 1.54) is 7.11 Å². The number of esters is 1. The van der Waals surface area contributed by atoms with Gasteiger partial charge in [0.1, 0.15) is 31.0 Å². The lowest BCUT2D eigenvalue weighted by Gasteiger charge is -2.29. The minimum absolute atomic E-state index is 0.0403. The highest BCUT2D eigenvalue weighted by molar-refractivity contribution is 5.89. The fourth-order valence-corrected chi connectivity index (χ4v) is 2.31. The first-order valence-electron chi connectivity index (χ1n) is 6.44. The number of hydrogen-bond acceptors (Lipinski definition) is 6. The van der Waals surface area contributed by atoms with Gasteiger partial charge >= 0.3 is 5.97 Å². The Hall–Kier alpha value is -1.47. The minimum atomic E-state index is -0.810. The van der Waals surface area contributed by atoms with Crippen LogP contribution in [-0.2, 0) is 18.9 Å². The van der Waals surface area contributed by atoms with Gasteiger partial charge in [-0.1, -0.05) is 18.2 Å². The third-order valence-corrected chi connectivity index (χ3v) is 3.48. The van der Waals surface area contributed by atoms with Crippen LogP contribution in [0.2, 0.25) is 0 Å². The molecule has 3 rings (SSSR count). The molecule has 2 aliphatic heterocycles. The summed E-state index contributed by atoms with van der Waals surface area (Å²) < 4.78 is 21.1. The Balaban J connectivity index is 1.56. The zero-order valence-corrected chi connectivity index (χ0v) is 11.0. The number of fused-ring (bicyclic) bond motifs is 1. The topological polar surface area (TPSA) is 77.5 Å². The van der Waals surface area contributed by atoms with E-state index in [9.17, 15) is 9.90 Å². The van der Waals surface area contributed by atoms with E-state index >= 15 is 0 Å². The fraction of sp³-hybridized carbons (Fsp3) is 0.500. The maximum absolute atomic E-state index is 11.8. The van der Waals surface area contributed by atoms with E-state index in [2.05, 4.69) is 0 Å². The van der Waals surface area contributed by atoms with Crippen LogP contribution in [0.15, 0.2) is 30.3 Å². The second kappa shape index (κ2) is 5.49. The molecule has 0 amide bonds. The molecule has 0 spiro atoms. The molecule has 0 saturated carbocycles. The zero-order chi connectivity index (χ0) is 14.1. The highest BCUT2D eigenvalue weighted by Gasteiger charge is 2.58. The van der Waals surface area contributed by atoms with Gasteiger partial charge in [0.05, 0.1) is 5.56 Å². The molecule has 2 heterocycles. The van der Waals surface area contributed by atoms with E-state index in [4.69, 9.17) is 18.9 Å². The van der Waals surface area contributed by atoms with Gasteiger partial charge < -0.3 is 24.1 Å². The number of carbonyl (C=O) groups is 1. The molecule has 6 nitrogen and oxygen atoms in total. The van der Waals surface area contributed by atoms with Gasteiger partial charge in [-0.2, -0.15) is 0 Å². The molecule has 0 aliphatic carbocycles. The SMILES string of the molecule is CO[C@H]1O[C@H](COC(=O)c2ccccc2)[C@@H](O)[C@H]2O[C@@H]12. The number of aliphatic hydroxyl groups is 1. The van der Waals surface area contributed by atoms with Crippen molar-refractivity contribution in [3.05, 3.63) is 35.9 Å². The summed E-state index contributed by atoms with van der Waals surface area (Å²) in [7, 11) is 1.51. The molecule has 1 aromatic carbocycles. The largest absolute Gasteiger partial charge is 0.459 e. The maximum atomic E-state index is 11.8. The van der Waals surface area contributed by atoms with Crippen molar-refractivity contribution in [2.75, 3.05) is 13.7 Å². The molecule has 0 bridgehead atoms. The zero-order valence-electron chi connectivity index (χ0n) is 11.0. The van der Waals surface area contributed by atoms with Crippen LogP contribution < -0.4 is 0 Å². The van der Waals surface area contributed by atoms with Crippen molar-refractivity contribution in [3.8, 4) is 0 Å². The highest BCUT2D eigenvalue weighted by Crippen LogP contribution is 2.37. The number of rotatable bonds is 4. The van der Waals surface area contributed by atoms with Gasteiger partial charge in [-0.05, 0) is 12.1 Å². The number of hydrogen-bond donors (Lipinski definition) is 1. The van der Waals surface area contributed by atoms with Crippen molar-refractivity contribution in [1.82, 2.24) is 0 Å². The second-order valence-corrected chi connectivity index (χ2v) is 4.80. The molecule has 2 aliphatic rings. The van der Waals surface area contributed by atoms with Crippen LogP contribution in [0.1, 0.15) is 10.4 Å². The van der Waals surface area contributed by atoms with Crippen LogP contribution in [0.25, 0.3) is 0 Å². The first kappa shape index (κ1) is 13.5. The first-order chi connectivity index (χ1) is 9.70. The average molecular weight is 280 g/mol. The number of aliphatic hydroxyl groups excluding tert-OH is 1. The summed E-state index contributed by atoms with van der Waals surface area (Å²) in [5, 5.41) is 9.98. The summed E-state index contributed by atoms with van der Waals surface area (Å²) in [4.78, 5) is 11.8. The molecule has 5 atom stereocenters. The van der Waals surface area contributed by atoms with Gasteiger partial charge in [-0.3, -0.25) is 0 Å². The number of epoxide rings is 1. The van der Waals surface area contributed by atoms with Gasteiger partial charge in [0.2, 0.25) is 0 Å². The second-order valence-electron chi connectivity index (χ2n) is 4.80. The Labute approximate surface area is 116 Å². The molecule has 108 valence electrons. The first-order valence-corrected chi connectivity index (χ1v) is 6.44. The molecule has 1 aromatic rings. The Morgan fingerprint density at radius 3 is 2.70 bits per heavy atom. The molecule has 0 unspecified atom stereocenters. The normalized spacial score (nSPS) is 35.2. The number of ether oxygens (including phenoxy) is 4. The Bertz CT molecular complexity index is 476. The molecule has 0 radical (unpaired) electrons. The molecular weight excluding hydrogens is 264 g/mol. The Morgan fingerprint density at radius 1 is 1.25 bits per heavy atom. The number of carbonyl (C=O) groups excluding carboxylic acids is 1. The maximum Gasteiger partial charge on any atom is 0.338 e. The summed E-state index contributed by atoms with van der Waals surface area (Å²) >= 11 is 0. The lowest BCUT2D eigenvalue weighted by Crippen LogP contribution is -2.48. The molecule has 0 aromatic heterocycles. The highest BCUT2D eigenvalue weighted by atomic mass is 16.7. The quantitative estimate of drug-likeness (QED) is 0.633. The summed E-state index contributed by atoms with van der Waals surface area (Å²) in [6.07, 6.45) is -2.50. The molecule has 1 N–H and O–H groups in total. The smallest absolute Gasteiger partial charge is 0.338 e. The standard InChI is InChI=1S/C14H16O6/c1-17-14-12-11(20-12)10(15)9(19-14)7-18-13(16)8-5-3-2-4-6-8/h2-6,9-12,14-15H,7H2,1H3/t9-,10-,11-,12-,14+/m1/s1. The van der Waals surface area contributed by atoms with Gasteiger partial charge in [-0.25, -0.2) is 4.79 Å². The molecule has 2 fully saturated rings. The lowest BCUT2D eigenvalue weighted by molar-refractivity contribution is -0.207. The Morgan fingerprint density at radius 2 is 2.00 bits per heavy atom. The van der Waals surface area contributed by atoms with Gasteiger partial charge in [-0.15, -0.1) is 0 Å². The van der Waals surface area contributed by atoms with E-state index in [1.54, 1.807) is 24.3 Å². The average Bonchev–Trinajstić information content (AvgIpc) is 3.28. The summed E-state index contributed by atoms with van der Waals surface area (Å²) in [5.41, 5.74) is 0.460. The monoisotopic (exact) mass is 280 g/mol. The van der Waals surface area contributed by atoms with Crippen molar-refractivity contribution in [2.45, 2.75) is 30.7 Å². The van der Waals surface area contributed by atoms with Gasteiger partial charge in [0.15, 0.2) is 6.29 Å². The van der Waals surface area contributed by atoms with Gasteiger partial charge in [0.25, 0.3) is 0 Å². The molecular formula is C14H16O6. The van der Waals surface area contributed by atoms with E-state index in [-0.39, 0.29) is 18.8 Å². The van der Waals surface area contributed by atoms with E-state index in [1.807, 2.05) is 6.07 Å². The predicted molar refractivity (Wildman–Crippen MR) is 67.1 cm³/mol. The summed E-state index contributed by atoms with van der Waals surface area (Å²) in [6, 6.07) is 8.66. The van der Waals surface area contributed by atoms with Crippen molar-refractivity contribution >= 4 is 5.97 Å². The third-order valence-electron chi connectivity index (χ3n) is 3.48. The Kier molecular flexibility index (Phi) is 3.71. The van der Waals surface area contributed by atoms with Crippen molar-refractivity contribution in [2.24, 2.45) is 0 Å². The lowest BCUT2D eigenvalue weighted by atomic mass is 10.1. The van der Waals surface area contributed by atoms with Crippen LogP contribution in [0, 0.1) is 0 Å². The van der Waals surface area contributed by atoms with Crippen LogP contribution in [0.3, 0.4) is 0 Å². The van der Waals surface area contributed by atoms with Crippen molar-refractivity contribution in [1.29, 1.82) is 0 Å². The van der Waals surface area contributed by atoms with E-state index in [0.717, 1.165) is 0 Å². The van der Waals surface area contributed by atoms with Crippen molar-refractivity contribution < 1.29 is 28.8 Å². The van der Waals surface area contributed by atoms with Gasteiger partial charge in [0, 0.05) is 7.11 Å². The minimum Gasteiger partial charge on any atom is -0.459 e. The summed E-state index contributed by atoms with van der Waals surface area (Å²) in [6.45, 7) is -0.0403. The molecule has 2 saturated heterocycles. The summed E-state index contributed by atoms with van der Waals surface area (Å²) in [5.74, 6) is -0.450. The van der Waals surface area contributed by atoms with Crippen LogP contribution >= 0.6 is 0 Å². The van der Waals surface area contributed by atoms with E-state index < -0.39 is 24.5 Å².